The summed E-state index contributed by atoms with van der Waals surface area (Å²) in [7, 11) is 0. The van der Waals surface area contributed by atoms with Crippen LogP contribution in [-0.4, -0.2) is 29.4 Å². The van der Waals surface area contributed by atoms with E-state index in [9.17, 15) is 9.59 Å². The molecule has 0 radical (unpaired) electrons. The first-order chi connectivity index (χ1) is 14.3. The molecule has 1 N–H and O–H groups in total. The Bertz CT molecular complexity index is 1150. The van der Waals surface area contributed by atoms with Crippen molar-refractivity contribution in [2.24, 2.45) is 0 Å². The van der Waals surface area contributed by atoms with Gasteiger partial charge in [0.2, 0.25) is 5.91 Å². The summed E-state index contributed by atoms with van der Waals surface area (Å²) in [5, 5.41) is 6.40. The molecule has 0 aliphatic carbocycles. The number of aryl methyl sites for hydroxylation is 1. The SMILES string of the molecule is Cc1nc(-c2ccc3c(c2)N(CC(=O)Nc2ccc(Cl)cc2Cl)C(=O)C(C)O3)cs1. The van der Waals surface area contributed by atoms with Crippen LogP contribution < -0.4 is 15.0 Å². The van der Waals surface area contributed by atoms with E-state index in [-0.39, 0.29) is 18.4 Å². The van der Waals surface area contributed by atoms with E-state index < -0.39 is 6.10 Å². The largest absolute Gasteiger partial charge is 0.479 e. The Kier molecular flexibility index (Phi) is 5.69. The molecule has 1 aliphatic heterocycles. The summed E-state index contributed by atoms with van der Waals surface area (Å²) in [5.41, 5.74) is 2.60. The van der Waals surface area contributed by atoms with Gasteiger partial charge in [-0.05, 0) is 50.2 Å². The van der Waals surface area contributed by atoms with Gasteiger partial charge in [0, 0.05) is 16.0 Å². The molecular weight excluding hydrogens is 445 g/mol. The van der Waals surface area contributed by atoms with Crippen LogP contribution in [0.2, 0.25) is 10.0 Å². The van der Waals surface area contributed by atoms with Gasteiger partial charge in [-0.25, -0.2) is 4.98 Å². The maximum Gasteiger partial charge on any atom is 0.268 e. The minimum Gasteiger partial charge on any atom is -0.479 e. The maximum atomic E-state index is 12.8. The number of nitrogens with one attached hydrogen (secondary N) is 1. The lowest BCUT2D eigenvalue weighted by atomic mass is 10.1. The highest BCUT2D eigenvalue weighted by Gasteiger charge is 2.33. The number of anilines is 2. The molecule has 2 aromatic carbocycles. The van der Waals surface area contributed by atoms with Gasteiger partial charge in [-0.15, -0.1) is 11.3 Å². The normalized spacial score (nSPS) is 15.5. The fourth-order valence-electron chi connectivity index (χ4n) is 3.15. The number of nitrogens with zero attached hydrogens (tertiary/aromatic N) is 2. The van der Waals surface area contributed by atoms with Crippen LogP contribution in [0, 0.1) is 6.92 Å². The van der Waals surface area contributed by atoms with Gasteiger partial charge < -0.3 is 10.1 Å². The van der Waals surface area contributed by atoms with Gasteiger partial charge in [0.25, 0.3) is 5.91 Å². The third-order valence-electron chi connectivity index (χ3n) is 4.59. The van der Waals surface area contributed by atoms with Crippen molar-refractivity contribution < 1.29 is 14.3 Å². The van der Waals surface area contributed by atoms with Gasteiger partial charge in [0.05, 0.1) is 27.1 Å². The third kappa shape index (κ3) is 4.14. The molecule has 0 saturated carbocycles. The predicted molar refractivity (Wildman–Crippen MR) is 120 cm³/mol. The molecule has 154 valence electrons. The van der Waals surface area contributed by atoms with Crippen LogP contribution in [0.25, 0.3) is 11.3 Å². The quantitative estimate of drug-likeness (QED) is 0.580. The van der Waals surface area contributed by atoms with E-state index in [2.05, 4.69) is 10.3 Å². The van der Waals surface area contributed by atoms with E-state index in [0.717, 1.165) is 16.3 Å². The Morgan fingerprint density at radius 1 is 1.27 bits per heavy atom. The van der Waals surface area contributed by atoms with Crippen molar-refractivity contribution in [3.05, 3.63) is 56.8 Å². The number of thiazole rings is 1. The molecule has 0 saturated heterocycles. The van der Waals surface area contributed by atoms with Crippen molar-refractivity contribution in [2.75, 3.05) is 16.8 Å². The second-order valence-corrected chi connectivity index (χ2v) is 8.70. The number of aromatic nitrogens is 1. The average Bonchev–Trinajstić information content (AvgIpc) is 3.14. The molecule has 3 aromatic rings. The van der Waals surface area contributed by atoms with Crippen molar-refractivity contribution in [3.63, 3.8) is 0 Å². The lowest BCUT2D eigenvalue weighted by Gasteiger charge is -2.32. The summed E-state index contributed by atoms with van der Waals surface area (Å²) < 4.78 is 5.73. The van der Waals surface area contributed by atoms with Crippen molar-refractivity contribution in [3.8, 4) is 17.0 Å². The number of amides is 2. The van der Waals surface area contributed by atoms with Gasteiger partial charge in [-0.3, -0.25) is 14.5 Å². The monoisotopic (exact) mass is 461 g/mol. The number of hydrogen-bond donors (Lipinski definition) is 1. The van der Waals surface area contributed by atoms with E-state index in [1.165, 1.54) is 11.0 Å². The third-order valence-corrected chi connectivity index (χ3v) is 5.91. The molecule has 30 heavy (non-hydrogen) atoms. The molecule has 1 atom stereocenters. The minimum atomic E-state index is -0.697. The van der Waals surface area contributed by atoms with Crippen molar-refractivity contribution in [2.45, 2.75) is 20.0 Å². The summed E-state index contributed by atoms with van der Waals surface area (Å²) in [4.78, 5) is 31.4. The molecule has 0 fully saturated rings. The summed E-state index contributed by atoms with van der Waals surface area (Å²) in [6, 6.07) is 10.3. The van der Waals surface area contributed by atoms with Crippen LogP contribution in [-0.2, 0) is 9.59 Å². The molecule has 1 unspecified atom stereocenters. The first-order valence-electron chi connectivity index (χ1n) is 9.11. The average molecular weight is 462 g/mol. The van der Waals surface area contributed by atoms with Crippen LogP contribution in [0.4, 0.5) is 11.4 Å². The van der Waals surface area contributed by atoms with Gasteiger partial charge >= 0.3 is 0 Å². The van der Waals surface area contributed by atoms with Gasteiger partial charge in [0.15, 0.2) is 6.10 Å². The van der Waals surface area contributed by atoms with Gasteiger partial charge in [-0.2, -0.15) is 0 Å². The topological polar surface area (TPSA) is 71.5 Å². The number of hydrogen-bond acceptors (Lipinski definition) is 5. The molecule has 1 aromatic heterocycles. The van der Waals surface area contributed by atoms with Crippen LogP contribution in [0.15, 0.2) is 41.8 Å². The lowest BCUT2D eigenvalue weighted by molar-refractivity contribution is -0.127. The number of ether oxygens (including phenoxy) is 1. The van der Waals surface area contributed by atoms with Crippen molar-refractivity contribution >= 4 is 57.7 Å². The highest BCUT2D eigenvalue weighted by molar-refractivity contribution is 7.09. The van der Waals surface area contributed by atoms with Gasteiger partial charge in [-0.1, -0.05) is 23.2 Å². The van der Waals surface area contributed by atoms with E-state index >= 15 is 0 Å². The van der Waals surface area contributed by atoms with E-state index in [1.54, 1.807) is 36.5 Å². The Balaban J connectivity index is 1.62. The summed E-state index contributed by atoms with van der Waals surface area (Å²) in [6.45, 7) is 3.40. The summed E-state index contributed by atoms with van der Waals surface area (Å²) >= 11 is 13.6. The molecule has 9 heteroatoms. The Morgan fingerprint density at radius 3 is 2.77 bits per heavy atom. The standard InChI is InChI=1S/C21H17Cl2N3O3S/c1-11-21(28)26(9-20(27)25-16-5-4-14(22)8-15(16)23)18-7-13(3-6-19(18)29-11)17-10-30-12(2)24-17/h3-8,10-11H,9H2,1-2H3,(H,25,27). The number of rotatable bonds is 4. The number of carbonyl (C=O) groups excluding carboxylic acids is 2. The first-order valence-corrected chi connectivity index (χ1v) is 10.7. The molecule has 4 rings (SSSR count). The molecule has 0 spiro atoms. The van der Waals surface area contributed by atoms with E-state index in [0.29, 0.717) is 27.2 Å². The Labute approximate surface area is 187 Å². The zero-order valence-corrected chi connectivity index (χ0v) is 18.4. The van der Waals surface area contributed by atoms with E-state index in [1.807, 2.05) is 24.4 Å². The highest BCUT2D eigenvalue weighted by Crippen LogP contribution is 2.37. The summed E-state index contributed by atoms with van der Waals surface area (Å²) in [5.74, 6) is -0.149. The summed E-state index contributed by atoms with van der Waals surface area (Å²) in [6.07, 6.45) is -0.697. The molecule has 2 amide bonds. The van der Waals surface area contributed by atoms with Crippen LogP contribution in [0.5, 0.6) is 5.75 Å². The molecule has 0 bridgehead atoms. The highest BCUT2D eigenvalue weighted by atomic mass is 35.5. The molecule has 6 nitrogen and oxygen atoms in total. The van der Waals surface area contributed by atoms with Crippen LogP contribution in [0.3, 0.4) is 0 Å². The zero-order chi connectivity index (χ0) is 21.4. The molecule has 2 heterocycles. The van der Waals surface area contributed by atoms with Crippen LogP contribution in [0.1, 0.15) is 11.9 Å². The number of halogens is 2. The zero-order valence-electron chi connectivity index (χ0n) is 16.1. The smallest absolute Gasteiger partial charge is 0.268 e. The molecule has 1 aliphatic rings. The van der Waals surface area contributed by atoms with Crippen molar-refractivity contribution in [1.82, 2.24) is 4.98 Å². The van der Waals surface area contributed by atoms with Crippen molar-refractivity contribution in [1.29, 1.82) is 0 Å². The first kappa shape index (κ1) is 20.7. The van der Waals surface area contributed by atoms with E-state index in [4.69, 9.17) is 27.9 Å². The maximum absolute atomic E-state index is 12.8. The Morgan fingerprint density at radius 2 is 2.07 bits per heavy atom. The second kappa shape index (κ2) is 8.26. The fraction of sp³-hybridized carbons (Fsp3) is 0.190. The molecular formula is C21H17Cl2N3O3S. The second-order valence-electron chi connectivity index (χ2n) is 6.79. The lowest BCUT2D eigenvalue weighted by Crippen LogP contribution is -2.47. The van der Waals surface area contributed by atoms with Gasteiger partial charge in [0.1, 0.15) is 12.3 Å². The minimum absolute atomic E-state index is 0.183. The number of carbonyl (C=O) groups is 2. The number of fused-ring (bicyclic) bond motifs is 1. The predicted octanol–water partition coefficient (Wildman–Crippen LogP) is 5.18. The van der Waals surface area contributed by atoms with Crippen LogP contribution >= 0.6 is 34.5 Å². The Hall–Kier alpha value is -2.61. The number of benzene rings is 2. The fourth-order valence-corrected chi connectivity index (χ4v) is 4.23.